The van der Waals surface area contributed by atoms with Crippen molar-refractivity contribution in [2.75, 3.05) is 19.0 Å². The minimum atomic E-state index is 0.0829. The molecular formula is C20H23N3O2. The van der Waals surface area contributed by atoms with Crippen LogP contribution in [-0.4, -0.2) is 35.5 Å². The molecule has 1 aliphatic carbocycles. The third kappa shape index (κ3) is 3.45. The molecule has 5 nitrogen and oxygen atoms in total. The van der Waals surface area contributed by atoms with E-state index in [0.29, 0.717) is 11.6 Å². The van der Waals surface area contributed by atoms with Crippen molar-refractivity contribution in [1.29, 1.82) is 0 Å². The molecule has 2 aromatic rings. The average Bonchev–Trinajstić information content (AvgIpc) is 3.33. The van der Waals surface area contributed by atoms with E-state index in [-0.39, 0.29) is 11.9 Å². The summed E-state index contributed by atoms with van der Waals surface area (Å²) in [5, 5.41) is 3.36. The Morgan fingerprint density at radius 3 is 2.72 bits per heavy atom. The van der Waals surface area contributed by atoms with Gasteiger partial charge in [0.05, 0.1) is 13.2 Å². The summed E-state index contributed by atoms with van der Waals surface area (Å²) in [6, 6.07) is 12.4. The molecule has 0 radical (unpaired) electrons. The molecular weight excluding hydrogens is 314 g/mol. The number of ether oxygens (including phenoxy) is 1. The van der Waals surface area contributed by atoms with Gasteiger partial charge in [-0.3, -0.25) is 4.79 Å². The van der Waals surface area contributed by atoms with E-state index in [4.69, 9.17) is 4.74 Å². The number of hydrogen-bond donors (Lipinski definition) is 1. The zero-order valence-corrected chi connectivity index (χ0v) is 14.4. The van der Waals surface area contributed by atoms with Crippen molar-refractivity contribution < 1.29 is 9.53 Å². The van der Waals surface area contributed by atoms with Crippen LogP contribution in [0.15, 0.2) is 42.6 Å². The molecule has 0 unspecified atom stereocenters. The molecule has 2 aliphatic rings. The van der Waals surface area contributed by atoms with E-state index in [0.717, 1.165) is 36.5 Å². The SMILES string of the molecule is COc1ccc([C@@H]2CCCN2C(=O)c2ccnc(NC3CC3)c2)cc1. The number of anilines is 1. The van der Waals surface area contributed by atoms with Crippen molar-refractivity contribution in [3.63, 3.8) is 0 Å². The maximum atomic E-state index is 13.1. The van der Waals surface area contributed by atoms with E-state index in [1.165, 1.54) is 12.8 Å². The Labute approximate surface area is 148 Å². The number of carbonyl (C=O) groups is 1. The minimum Gasteiger partial charge on any atom is -0.497 e. The Morgan fingerprint density at radius 2 is 2.00 bits per heavy atom. The molecule has 1 atom stereocenters. The first-order chi connectivity index (χ1) is 12.2. The highest BCUT2D eigenvalue weighted by atomic mass is 16.5. The number of benzene rings is 1. The lowest BCUT2D eigenvalue weighted by Gasteiger charge is -2.25. The van der Waals surface area contributed by atoms with E-state index in [9.17, 15) is 4.79 Å². The molecule has 5 heteroatoms. The van der Waals surface area contributed by atoms with E-state index in [1.807, 2.05) is 29.2 Å². The summed E-state index contributed by atoms with van der Waals surface area (Å²) in [6.45, 7) is 0.795. The monoisotopic (exact) mass is 337 g/mol. The summed E-state index contributed by atoms with van der Waals surface area (Å²) in [7, 11) is 1.66. The van der Waals surface area contributed by atoms with Crippen LogP contribution in [0.25, 0.3) is 0 Å². The molecule has 0 spiro atoms. The van der Waals surface area contributed by atoms with Gasteiger partial charge >= 0.3 is 0 Å². The number of nitrogens with one attached hydrogen (secondary N) is 1. The van der Waals surface area contributed by atoms with Crippen LogP contribution in [0, 0.1) is 0 Å². The van der Waals surface area contributed by atoms with Crippen LogP contribution in [0.5, 0.6) is 5.75 Å². The predicted octanol–water partition coefficient (Wildman–Crippen LogP) is 3.64. The van der Waals surface area contributed by atoms with Gasteiger partial charge in [-0.2, -0.15) is 0 Å². The third-order valence-electron chi connectivity index (χ3n) is 4.95. The molecule has 4 rings (SSSR count). The van der Waals surface area contributed by atoms with Crippen LogP contribution in [0.1, 0.15) is 47.6 Å². The van der Waals surface area contributed by atoms with Crippen molar-refractivity contribution in [2.45, 2.75) is 37.8 Å². The minimum absolute atomic E-state index is 0.0829. The Balaban J connectivity index is 1.53. The molecule has 2 heterocycles. The van der Waals surface area contributed by atoms with Gasteiger partial charge in [-0.1, -0.05) is 12.1 Å². The molecule has 25 heavy (non-hydrogen) atoms. The summed E-state index contributed by atoms with van der Waals surface area (Å²) in [6.07, 6.45) is 6.12. The number of pyridine rings is 1. The fourth-order valence-electron chi connectivity index (χ4n) is 3.43. The number of hydrogen-bond acceptors (Lipinski definition) is 4. The molecule has 1 amide bonds. The van der Waals surface area contributed by atoms with Crippen LogP contribution in [0.3, 0.4) is 0 Å². The second kappa shape index (κ2) is 6.75. The van der Waals surface area contributed by atoms with E-state index in [2.05, 4.69) is 22.4 Å². The van der Waals surface area contributed by atoms with Gasteiger partial charge in [-0.05, 0) is 55.5 Å². The Kier molecular flexibility index (Phi) is 4.30. The van der Waals surface area contributed by atoms with E-state index >= 15 is 0 Å². The van der Waals surface area contributed by atoms with Crippen molar-refractivity contribution in [3.05, 3.63) is 53.7 Å². The summed E-state index contributed by atoms with van der Waals surface area (Å²) in [5.41, 5.74) is 1.87. The van der Waals surface area contributed by atoms with Crippen molar-refractivity contribution in [1.82, 2.24) is 9.88 Å². The lowest BCUT2D eigenvalue weighted by atomic mass is 10.0. The Morgan fingerprint density at radius 1 is 1.20 bits per heavy atom. The standard InChI is InChI=1S/C20H23N3O2/c1-25-17-8-4-14(5-9-17)18-3-2-12-23(18)20(24)15-10-11-21-19(13-15)22-16-6-7-16/h4-5,8-11,13,16,18H,2-3,6-7,12H2,1H3,(H,21,22)/t18-/m0/s1. The zero-order chi connectivity index (χ0) is 17.2. The third-order valence-corrected chi connectivity index (χ3v) is 4.95. The number of nitrogens with zero attached hydrogens (tertiary/aromatic N) is 2. The maximum Gasteiger partial charge on any atom is 0.254 e. The lowest BCUT2D eigenvalue weighted by Crippen LogP contribution is -2.30. The second-order valence-electron chi connectivity index (χ2n) is 6.78. The predicted molar refractivity (Wildman–Crippen MR) is 96.9 cm³/mol. The summed E-state index contributed by atoms with van der Waals surface area (Å²) in [5.74, 6) is 1.72. The molecule has 1 saturated carbocycles. The molecule has 1 aromatic heterocycles. The van der Waals surface area contributed by atoms with Gasteiger partial charge in [0.2, 0.25) is 0 Å². The average molecular weight is 337 g/mol. The van der Waals surface area contributed by atoms with Gasteiger partial charge in [0.15, 0.2) is 0 Å². The van der Waals surface area contributed by atoms with Gasteiger partial charge in [0.1, 0.15) is 11.6 Å². The lowest BCUT2D eigenvalue weighted by molar-refractivity contribution is 0.0735. The van der Waals surface area contributed by atoms with Crippen molar-refractivity contribution in [3.8, 4) is 5.75 Å². The Bertz CT molecular complexity index is 756. The largest absolute Gasteiger partial charge is 0.497 e. The number of rotatable bonds is 5. The molecule has 130 valence electrons. The van der Waals surface area contributed by atoms with Gasteiger partial charge in [-0.25, -0.2) is 4.98 Å². The molecule has 2 fully saturated rings. The van der Waals surface area contributed by atoms with Crippen LogP contribution in [-0.2, 0) is 0 Å². The summed E-state index contributed by atoms with van der Waals surface area (Å²) >= 11 is 0. The maximum absolute atomic E-state index is 13.1. The zero-order valence-electron chi connectivity index (χ0n) is 14.4. The highest BCUT2D eigenvalue weighted by Gasteiger charge is 2.31. The number of aromatic nitrogens is 1. The van der Waals surface area contributed by atoms with Gasteiger partial charge in [0.25, 0.3) is 5.91 Å². The van der Waals surface area contributed by atoms with E-state index in [1.54, 1.807) is 13.3 Å². The number of amides is 1. The summed E-state index contributed by atoms with van der Waals surface area (Å²) in [4.78, 5) is 19.4. The number of likely N-dealkylation sites (tertiary alicyclic amines) is 1. The summed E-state index contributed by atoms with van der Waals surface area (Å²) < 4.78 is 5.23. The fraction of sp³-hybridized carbons (Fsp3) is 0.400. The van der Waals surface area contributed by atoms with Crippen molar-refractivity contribution in [2.24, 2.45) is 0 Å². The van der Waals surface area contributed by atoms with Crippen LogP contribution < -0.4 is 10.1 Å². The first-order valence-electron chi connectivity index (χ1n) is 8.92. The quantitative estimate of drug-likeness (QED) is 0.905. The first-order valence-corrected chi connectivity index (χ1v) is 8.92. The van der Waals surface area contributed by atoms with Crippen LogP contribution in [0.2, 0.25) is 0 Å². The van der Waals surface area contributed by atoms with Gasteiger partial charge < -0.3 is 15.0 Å². The van der Waals surface area contributed by atoms with Gasteiger partial charge in [-0.15, -0.1) is 0 Å². The highest BCUT2D eigenvalue weighted by molar-refractivity contribution is 5.95. The molecule has 1 N–H and O–H groups in total. The topological polar surface area (TPSA) is 54.5 Å². The Hall–Kier alpha value is -2.56. The van der Waals surface area contributed by atoms with Crippen LogP contribution >= 0.6 is 0 Å². The smallest absolute Gasteiger partial charge is 0.254 e. The first kappa shape index (κ1) is 15.9. The molecule has 1 aromatic carbocycles. The number of methoxy groups -OCH3 is 1. The van der Waals surface area contributed by atoms with Crippen LogP contribution in [0.4, 0.5) is 5.82 Å². The normalized spacial score (nSPS) is 19.7. The fourth-order valence-corrected chi connectivity index (χ4v) is 3.43. The second-order valence-corrected chi connectivity index (χ2v) is 6.78. The van der Waals surface area contributed by atoms with Crippen molar-refractivity contribution >= 4 is 11.7 Å². The molecule has 1 saturated heterocycles. The van der Waals surface area contributed by atoms with Gasteiger partial charge in [0, 0.05) is 24.3 Å². The highest BCUT2D eigenvalue weighted by Crippen LogP contribution is 2.34. The molecule has 1 aliphatic heterocycles. The van der Waals surface area contributed by atoms with E-state index < -0.39 is 0 Å². The molecule has 0 bridgehead atoms. The number of carbonyl (C=O) groups excluding carboxylic acids is 1.